The molecule has 2 aromatic rings. The van der Waals surface area contributed by atoms with Crippen molar-refractivity contribution in [3.05, 3.63) is 47.2 Å². The molecule has 1 amide bonds. The summed E-state index contributed by atoms with van der Waals surface area (Å²) in [5.74, 6) is -2.73. The average molecular weight is 331 g/mol. The molecule has 0 saturated carbocycles. The number of aromatic nitrogens is 2. The number of halogens is 1. The number of amides is 1. The van der Waals surface area contributed by atoms with Gasteiger partial charge in [-0.05, 0) is 32.0 Å². The monoisotopic (exact) mass is 330 g/mol. The maximum absolute atomic E-state index is 12.3. The number of hydrogen-bond donors (Lipinski definition) is 1. The largest absolute Gasteiger partial charge is 0.324 e. The van der Waals surface area contributed by atoms with Crippen molar-refractivity contribution >= 4 is 29.0 Å². The third-order valence-electron chi connectivity index (χ3n) is 3.16. The highest BCUT2D eigenvalue weighted by molar-refractivity contribution is 6.31. The molecule has 7 heteroatoms. The van der Waals surface area contributed by atoms with Gasteiger partial charge in [-0.3, -0.25) is 14.3 Å². The van der Waals surface area contributed by atoms with Gasteiger partial charge in [0.15, 0.2) is 11.7 Å². The van der Waals surface area contributed by atoms with Crippen molar-refractivity contribution in [2.24, 2.45) is 5.92 Å². The minimum Gasteiger partial charge on any atom is -0.324 e. The molecule has 6 nitrogen and oxygen atoms in total. The number of carbonyl (C=O) groups is 2. The Hall–Kier alpha value is -2.65. The number of carbonyl (C=O) groups excluding carboxylic acids is 2. The highest BCUT2D eigenvalue weighted by Gasteiger charge is 2.28. The van der Waals surface area contributed by atoms with Crippen LogP contribution in [0.1, 0.15) is 30.2 Å². The molecule has 0 fully saturated rings. The molecular formula is C16H15ClN4O2. The summed E-state index contributed by atoms with van der Waals surface area (Å²) >= 11 is 5.84. The number of anilines is 1. The first kappa shape index (κ1) is 16.7. The molecule has 0 bridgehead atoms. The van der Waals surface area contributed by atoms with Gasteiger partial charge in [0, 0.05) is 22.9 Å². The summed E-state index contributed by atoms with van der Waals surface area (Å²) in [6.45, 7) is 3.82. The third-order valence-corrected chi connectivity index (χ3v) is 3.40. The summed E-state index contributed by atoms with van der Waals surface area (Å²) in [5.41, 5.74) is 0.653. The molecule has 1 N–H and O–H groups in total. The number of hydrogen-bond acceptors (Lipinski definition) is 4. The lowest BCUT2D eigenvalue weighted by atomic mass is 10.0. The Bertz CT molecular complexity index is 776. The van der Waals surface area contributed by atoms with Gasteiger partial charge in [0.2, 0.25) is 5.91 Å². The topological polar surface area (TPSA) is 87.8 Å². The van der Waals surface area contributed by atoms with Crippen molar-refractivity contribution in [1.82, 2.24) is 9.78 Å². The highest BCUT2D eigenvalue weighted by Crippen LogP contribution is 2.17. The van der Waals surface area contributed by atoms with Crippen LogP contribution >= 0.6 is 11.6 Å². The molecule has 0 radical (unpaired) electrons. The standard InChI is InChI=1S/C16H15ClN4O2/c1-10(2)21-9-11(8-19-21)15(22)14(7-18)16(23)20-13-5-3-4-12(17)6-13/h3-6,8-10,14H,1-2H3,(H,20,23)/t14-/m0/s1. The van der Waals surface area contributed by atoms with Crippen LogP contribution in [0.5, 0.6) is 0 Å². The average Bonchev–Trinajstić information content (AvgIpc) is 2.97. The fourth-order valence-electron chi connectivity index (χ4n) is 1.93. The van der Waals surface area contributed by atoms with E-state index in [2.05, 4.69) is 10.4 Å². The van der Waals surface area contributed by atoms with Crippen LogP contribution in [0.3, 0.4) is 0 Å². The molecule has 0 aliphatic rings. The Kier molecular flexibility index (Phi) is 5.14. The van der Waals surface area contributed by atoms with Crippen LogP contribution in [0, 0.1) is 17.2 Å². The summed E-state index contributed by atoms with van der Waals surface area (Å²) in [4.78, 5) is 24.5. The van der Waals surface area contributed by atoms with E-state index >= 15 is 0 Å². The van der Waals surface area contributed by atoms with Crippen LogP contribution in [0.25, 0.3) is 0 Å². The maximum atomic E-state index is 12.3. The zero-order valence-corrected chi connectivity index (χ0v) is 13.4. The van der Waals surface area contributed by atoms with E-state index in [0.29, 0.717) is 10.7 Å². The minimum absolute atomic E-state index is 0.0809. The summed E-state index contributed by atoms with van der Waals surface area (Å²) in [6, 6.07) is 8.30. The van der Waals surface area contributed by atoms with Crippen molar-refractivity contribution in [2.45, 2.75) is 19.9 Å². The number of rotatable bonds is 5. The number of Topliss-reactive ketones (excluding diaryl/α,β-unsaturated/α-hetero) is 1. The fraction of sp³-hybridized carbons (Fsp3) is 0.250. The van der Waals surface area contributed by atoms with Crippen LogP contribution in [0.15, 0.2) is 36.7 Å². The van der Waals surface area contributed by atoms with Crippen LogP contribution in [0.2, 0.25) is 5.02 Å². The van der Waals surface area contributed by atoms with Gasteiger partial charge < -0.3 is 5.32 Å². The Morgan fingerprint density at radius 3 is 2.70 bits per heavy atom. The van der Waals surface area contributed by atoms with E-state index in [1.54, 1.807) is 29.0 Å². The van der Waals surface area contributed by atoms with Gasteiger partial charge >= 0.3 is 0 Å². The molecule has 2 rings (SSSR count). The number of ketones is 1. The van der Waals surface area contributed by atoms with Crippen LogP contribution in [-0.4, -0.2) is 21.5 Å². The Morgan fingerprint density at radius 1 is 1.39 bits per heavy atom. The van der Waals surface area contributed by atoms with E-state index in [9.17, 15) is 14.9 Å². The van der Waals surface area contributed by atoms with Gasteiger partial charge in [-0.2, -0.15) is 10.4 Å². The molecule has 1 heterocycles. The lowest BCUT2D eigenvalue weighted by molar-refractivity contribution is -0.117. The van der Waals surface area contributed by atoms with Gasteiger partial charge in [0.25, 0.3) is 0 Å². The van der Waals surface area contributed by atoms with Gasteiger partial charge in [-0.25, -0.2) is 0 Å². The van der Waals surface area contributed by atoms with Gasteiger partial charge in [0.05, 0.1) is 17.8 Å². The summed E-state index contributed by atoms with van der Waals surface area (Å²) in [6.07, 6.45) is 2.89. The quantitative estimate of drug-likeness (QED) is 0.674. The van der Waals surface area contributed by atoms with Crippen molar-refractivity contribution in [3.63, 3.8) is 0 Å². The molecule has 0 aliphatic carbocycles. The summed E-state index contributed by atoms with van der Waals surface area (Å²) in [5, 5.41) is 16.2. The second-order valence-corrected chi connectivity index (χ2v) is 5.67. The number of nitrogens with one attached hydrogen (secondary N) is 1. The third kappa shape index (κ3) is 3.96. The van der Waals surface area contributed by atoms with E-state index in [4.69, 9.17) is 11.6 Å². The molecule has 118 valence electrons. The molecule has 0 spiro atoms. The molecule has 1 aromatic carbocycles. The van der Waals surface area contributed by atoms with Crippen LogP contribution in [-0.2, 0) is 4.79 Å². The zero-order chi connectivity index (χ0) is 17.0. The molecule has 0 saturated heterocycles. The first-order chi connectivity index (χ1) is 10.9. The Balaban J connectivity index is 2.16. The van der Waals surface area contributed by atoms with Gasteiger partial charge in [-0.1, -0.05) is 17.7 Å². The Morgan fingerprint density at radius 2 is 2.13 bits per heavy atom. The van der Waals surface area contributed by atoms with Gasteiger partial charge in [-0.15, -0.1) is 0 Å². The fourth-order valence-corrected chi connectivity index (χ4v) is 2.12. The first-order valence-corrected chi connectivity index (χ1v) is 7.34. The predicted octanol–water partition coefficient (Wildman–Crippen LogP) is 3.08. The summed E-state index contributed by atoms with van der Waals surface area (Å²) in [7, 11) is 0. The molecule has 23 heavy (non-hydrogen) atoms. The molecule has 0 unspecified atom stereocenters. The van der Waals surface area contributed by atoms with Gasteiger partial charge in [0.1, 0.15) is 0 Å². The normalized spacial score (nSPS) is 11.8. The second kappa shape index (κ2) is 7.07. The van der Waals surface area contributed by atoms with Crippen molar-refractivity contribution < 1.29 is 9.59 Å². The van der Waals surface area contributed by atoms with E-state index in [1.807, 2.05) is 13.8 Å². The minimum atomic E-state index is -1.45. The maximum Gasteiger partial charge on any atom is 0.249 e. The second-order valence-electron chi connectivity index (χ2n) is 5.23. The first-order valence-electron chi connectivity index (χ1n) is 6.96. The lowest BCUT2D eigenvalue weighted by Gasteiger charge is -2.09. The lowest BCUT2D eigenvalue weighted by Crippen LogP contribution is -2.28. The predicted molar refractivity (Wildman–Crippen MR) is 86.1 cm³/mol. The Labute approximate surface area is 138 Å². The number of nitrogens with zero attached hydrogens (tertiary/aromatic N) is 3. The van der Waals surface area contributed by atoms with Crippen molar-refractivity contribution in [1.29, 1.82) is 5.26 Å². The van der Waals surface area contributed by atoms with Crippen molar-refractivity contribution in [3.8, 4) is 6.07 Å². The number of benzene rings is 1. The summed E-state index contributed by atoms with van der Waals surface area (Å²) < 4.78 is 1.59. The smallest absolute Gasteiger partial charge is 0.249 e. The van der Waals surface area contributed by atoms with Crippen molar-refractivity contribution in [2.75, 3.05) is 5.32 Å². The molecular weight excluding hydrogens is 316 g/mol. The SMILES string of the molecule is CC(C)n1cc(C(=O)[C@H](C#N)C(=O)Nc2cccc(Cl)c2)cn1. The molecule has 1 aromatic heterocycles. The van der Waals surface area contributed by atoms with E-state index in [1.165, 1.54) is 18.5 Å². The van der Waals surface area contributed by atoms with Crippen LogP contribution < -0.4 is 5.32 Å². The number of nitriles is 1. The van der Waals surface area contributed by atoms with E-state index < -0.39 is 17.6 Å². The molecule has 0 aliphatic heterocycles. The highest BCUT2D eigenvalue weighted by atomic mass is 35.5. The van der Waals surface area contributed by atoms with Crippen LogP contribution in [0.4, 0.5) is 5.69 Å². The zero-order valence-electron chi connectivity index (χ0n) is 12.7. The van der Waals surface area contributed by atoms with E-state index in [0.717, 1.165) is 0 Å². The molecule has 1 atom stereocenters. The van der Waals surface area contributed by atoms with E-state index in [-0.39, 0.29) is 11.6 Å².